The lowest BCUT2D eigenvalue weighted by atomic mass is 10.1. The molecule has 0 aromatic heterocycles. The average molecular weight is 323 g/mol. The highest BCUT2D eigenvalue weighted by molar-refractivity contribution is 6.01. The molecule has 0 unspecified atom stereocenters. The van der Waals surface area contributed by atoms with E-state index in [-0.39, 0.29) is 24.1 Å². The summed E-state index contributed by atoms with van der Waals surface area (Å²) >= 11 is 0. The molecule has 2 aromatic rings. The second-order valence-corrected chi connectivity index (χ2v) is 5.68. The third kappa shape index (κ3) is 3.35. The van der Waals surface area contributed by atoms with Gasteiger partial charge in [-0.2, -0.15) is 0 Å². The number of fused-ring (bicyclic) bond motifs is 1. The van der Waals surface area contributed by atoms with Gasteiger partial charge in [-0.15, -0.1) is 0 Å². The molecule has 1 aliphatic rings. The van der Waals surface area contributed by atoms with E-state index in [1.807, 2.05) is 0 Å². The molecule has 0 atom stereocenters. The van der Waals surface area contributed by atoms with Crippen LogP contribution >= 0.6 is 0 Å². The molecule has 0 saturated carbocycles. The molecule has 1 amide bonds. The Kier molecular flexibility index (Phi) is 4.42. The maximum Gasteiger partial charge on any atom is 0.262 e. The van der Waals surface area contributed by atoms with Crippen LogP contribution in [0.15, 0.2) is 42.5 Å². The fourth-order valence-electron chi connectivity index (χ4n) is 2.75. The van der Waals surface area contributed by atoms with Crippen LogP contribution in [-0.4, -0.2) is 24.1 Å². The van der Waals surface area contributed by atoms with Crippen molar-refractivity contribution < 1.29 is 19.1 Å². The van der Waals surface area contributed by atoms with E-state index in [0.717, 1.165) is 5.56 Å². The molecule has 2 aromatic carbocycles. The van der Waals surface area contributed by atoms with Crippen LogP contribution in [0.2, 0.25) is 0 Å². The molecule has 1 N–H and O–H groups in total. The summed E-state index contributed by atoms with van der Waals surface area (Å²) in [7, 11) is 0. The van der Waals surface area contributed by atoms with Crippen LogP contribution in [0.3, 0.4) is 0 Å². The Labute approximate surface area is 139 Å². The number of benzene rings is 2. The SMILES string of the molecule is CC(=O)c1cccc(NC(=O)COc2cccc3c2CCC3=O)c1. The molecule has 0 aliphatic heterocycles. The fraction of sp³-hybridized carbons (Fsp3) is 0.211. The number of ether oxygens (including phenoxy) is 1. The smallest absolute Gasteiger partial charge is 0.262 e. The van der Waals surface area contributed by atoms with Crippen LogP contribution in [-0.2, 0) is 11.2 Å². The zero-order chi connectivity index (χ0) is 17.1. The summed E-state index contributed by atoms with van der Waals surface area (Å²) in [6.07, 6.45) is 1.13. The van der Waals surface area contributed by atoms with E-state index in [0.29, 0.717) is 35.4 Å². The summed E-state index contributed by atoms with van der Waals surface area (Å²) in [6, 6.07) is 12.0. The number of rotatable bonds is 5. The molecule has 0 spiro atoms. The number of nitrogens with one attached hydrogen (secondary N) is 1. The van der Waals surface area contributed by atoms with Crippen LogP contribution in [0.25, 0.3) is 0 Å². The fourth-order valence-corrected chi connectivity index (χ4v) is 2.75. The van der Waals surface area contributed by atoms with Gasteiger partial charge in [0.2, 0.25) is 0 Å². The normalized spacial score (nSPS) is 12.6. The predicted molar refractivity (Wildman–Crippen MR) is 89.7 cm³/mol. The van der Waals surface area contributed by atoms with Crippen molar-refractivity contribution in [1.82, 2.24) is 0 Å². The molecule has 122 valence electrons. The topological polar surface area (TPSA) is 72.5 Å². The first kappa shape index (κ1) is 15.9. The highest BCUT2D eigenvalue weighted by atomic mass is 16.5. The van der Waals surface area contributed by atoms with Gasteiger partial charge in [0.05, 0.1) is 0 Å². The third-order valence-corrected chi connectivity index (χ3v) is 3.95. The second kappa shape index (κ2) is 6.66. The Hall–Kier alpha value is -2.95. The lowest BCUT2D eigenvalue weighted by molar-refractivity contribution is -0.118. The number of amides is 1. The lowest BCUT2D eigenvalue weighted by Crippen LogP contribution is -2.20. The van der Waals surface area contributed by atoms with Gasteiger partial charge in [-0.25, -0.2) is 0 Å². The summed E-state index contributed by atoms with van der Waals surface area (Å²) in [5.74, 6) is 0.302. The van der Waals surface area contributed by atoms with Crippen molar-refractivity contribution in [3.63, 3.8) is 0 Å². The van der Waals surface area contributed by atoms with Crippen molar-refractivity contribution in [1.29, 1.82) is 0 Å². The molecule has 5 heteroatoms. The van der Waals surface area contributed by atoms with Crippen molar-refractivity contribution in [2.45, 2.75) is 19.8 Å². The number of ketones is 2. The first-order valence-electron chi connectivity index (χ1n) is 7.73. The van der Waals surface area contributed by atoms with E-state index < -0.39 is 0 Å². The summed E-state index contributed by atoms with van der Waals surface area (Å²) < 4.78 is 5.58. The van der Waals surface area contributed by atoms with Gasteiger partial charge >= 0.3 is 0 Å². The Morgan fingerprint density at radius 3 is 2.71 bits per heavy atom. The first-order valence-corrected chi connectivity index (χ1v) is 7.73. The number of hydrogen-bond donors (Lipinski definition) is 1. The van der Waals surface area contributed by atoms with E-state index >= 15 is 0 Å². The van der Waals surface area contributed by atoms with Gasteiger partial charge in [0.25, 0.3) is 5.91 Å². The van der Waals surface area contributed by atoms with Gasteiger partial charge in [-0.3, -0.25) is 14.4 Å². The zero-order valence-electron chi connectivity index (χ0n) is 13.3. The maximum absolute atomic E-state index is 12.0. The van der Waals surface area contributed by atoms with Gasteiger partial charge in [-0.1, -0.05) is 24.3 Å². The monoisotopic (exact) mass is 323 g/mol. The molecular weight excluding hydrogens is 306 g/mol. The van der Waals surface area contributed by atoms with E-state index in [1.54, 1.807) is 42.5 Å². The van der Waals surface area contributed by atoms with Crippen molar-refractivity contribution in [3.05, 3.63) is 59.2 Å². The molecule has 0 bridgehead atoms. The summed E-state index contributed by atoms with van der Waals surface area (Å²) in [5.41, 5.74) is 2.63. The Bertz CT molecular complexity index is 826. The average Bonchev–Trinajstić information content (AvgIpc) is 2.95. The van der Waals surface area contributed by atoms with Crippen molar-refractivity contribution >= 4 is 23.2 Å². The number of carbonyl (C=O) groups is 3. The minimum absolute atomic E-state index is 0.0631. The minimum Gasteiger partial charge on any atom is -0.483 e. The van der Waals surface area contributed by atoms with Crippen molar-refractivity contribution in [2.75, 3.05) is 11.9 Å². The molecule has 5 nitrogen and oxygen atoms in total. The number of carbonyl (C=O) groups excluding carboxylic acids is 3. The maximum atomic E-state index is 12.0. The van der Waals surface area contributed by atoms with Gasteiger partial charge in [0.15, 0.2) is 18.2 Å². The largest absolute Gasteiger partial charge is 0.483 e. The van der Waals surface area contributed by atoms with Crippen molar-refractivity contribution in [3.8, 4) is 5.75 Å². The standard InChI is InChI=1S/C19H17NO4/c1-12(21)13-4-2-5-14(10-13)20-19(23)11-24-18-7-3-6-15-16(18)8-9-17(15)22/h2-7,10H,8-9,11H2,1H3,(H,20,23). The number of Topliss-reactive ketones (excluding diaryl/α,β-unsaturated/α-hetero) is 2. The molecule has 0 saturated heterocycles. The Morgan fingerprint density at radius 1 is 1.12 bits per heavy atom. The molecule has 0 fully saturated rings. The van der Waals surface area contributed by atoms with Crippen LogP contribution in [0.1, 0.15) is 39.6 Å². The van der Waals surface area contributed by atoms with E-state index in [1.165, 1.54) is 6.92 Å². The number of hydrogen-bond acceptors (Lipinski definition) is 4. The molecule has 0 heterocycles. The summed E-state index contributed by atoms with van der Waals surface area (Å²) in [5, 5.41) is 2.70. The number of anilines is 1. The van der Waals surface area contributed by atoms with Crippen molar-refractivity contribution in [2.24, 2.45) is 0 Å². The molecule has 24 heavy (non-hydrogen) atoms. The quantitative estimate of drug-likeness (QED) is 0.859. The molecule has 3 rings (SSSR count). The Balaban J connectivity index is 1.64. The predicted octanol–water partition coefficient (Wildman–Crippen LogP) is 3.04. The van der Waals surface area contributed by atoms with Gasteiger partial charge in [0.1, 0.15) is 5.75 Å². The van der Waals surface area contributed by atoms with Gasteiger partial charge in [-0.05, 0) is 31.5 Å². The molecule has 1 aliphatic carbocycles. The highest BCUT2D eigenvalue weighted by Crippen LogP contribution is 2.30. The van der Waals surface area contributed by atoms with Crippen LogP contribution in [0.5, 0.6) is 5.75 Å². The van der Waals surface area contributed by atoms with Crippen LogP contribution < -0.4 is 10.1 Å². The van der Waals surface area contributed by atoms with Gasteiger partial charge in [0, 0.05) is 28.8 Å². The van der Waals surface area contributed by atoms with E-state index in [2.05, 4.69) is 5.32 Å². The summed E-state index contributed by atoms with van der Waals surface area (Å²) in [4.78, 5) is 35.1. The van der Waals surface area contributed by atoms with E-state index in [9.17, 15) is 14.4 Å². The minimum atomic E-state index is -0.322. The van der Waals surface area contributed by atoms with Crippen LogP contribution in [0.4, 0.5) is 5.69 Å². The van der Waals surface area contributed by atoms with Crippen LogP contribution in [0, 0.1) is 0 Å². The highest BCUT2D eigenvalue weighted by Gasteiger charge is 2.22. The zero-order valence-corrected chi connectivity index (χ0v) is 13.3. The summed E-state index contributed by atoms with van der Waals surface area (Å²) in [6.45, 7) is 1.32. The van der Waals surface area contributed by atoms with Gasteiger partial charge < -0.3 is 10.1 Å². The second-order valence-electron chi connectivity index (χ2n) is 5.68. The lowest BCUT2D eigenvalue weighted by Gasteiger charge is -2.11. The third-order valence-electron chi connectivity index (χ3n) is 3.95. The first-order chi connectivity index (χ1) is 11.5. The molecular formula is C19H17NO4. The van der Waals surface area contributed by atoms with E-state index in [4.69, 9.17) is 4.74 Å². The Morgan fingerprint density at radius 2 is 1.92 bits per heavy atom. The molecule has 0 radical (unpaired) electrons.